The van der Waals surface area contributed by atoms with Crippen molar-refractivity contribution in [3.8, 4) is 22.4 Å². The molecule has 4 heterocycles. The van der Waals surface area contributed by atoms with Crippen LogP contribution in [0.3, 0.4) is 0 Å². The van der Waals surface area contributed by atoms with E-state index in [9.17, 15) is 4.39 Å². The molecule has 0 amide bonds. The third-order valence-corrected chi connectivity index (χ3v) is 7.33. The van der Waals surface area contributed by atoms with Crippen LogP contribution in [-0.4, -0.2) is 57.2 Å². The summed E-state index contributed by atoms with van der Waals surface area (Å²) in [5.41, 5.74) is 9.85. The number of hydrogen-bond donors (Lipinski definition) is 4. The minimum atomic E-state index is -0.316. The predicted molar refractivity (Wildman–Crippen MR) is 179 cm³/mol. The molecule has 0 saturated heterocycles. The molecule has 10 heteroatoms. The molecule has 0 radical (unpaired) electrons. The number of allylic oxidation sites excluding steroid dienone is 1. The minimum Gasteiger partial charge on any atom is -0.384 e. The van der Waals surface area contributed by atoms with Crippen molar-refractivity contribution in [2.75, 3.05) is 43.1 Å². The van der Waals surface area contributed by atoms with Gasteiger partial charge < -0.3 is 20.9 Å². The molecule has 0 saturated carbocycles. The molecule has 4 aromatic heterocycles. The second-order valence-electron chi connectivity index (χ2n) is 11.4. The Morgan fingerprint density at radius 3 is 2.50 bits per heavy atom. The largest absolute Gasteiger partial charge is 0.384 e. The van der Waals surface area contributed by atoms with Gasteiger partial charge in [-0.15, -0.1) is 0 Å². The van der Waals surface area contributed by atoms with Crippen molar-refractivity contribution in [3.63, 3.8) is 0 Å². The zero-order valence-corrected chi connectivity index (χ0v) is 25.8. The van der Waals surface area contributed by atoms with E-state index in [-0.39, 0.29) is 5.82 Å². The van der Waals surface area contributed by atoms with Gasteiger partial charge in [-0.25, -0.2) is 9.37 Å². The van der Waals surface area contributed by atoms with Gasteiger partial charge >= 0.3 is 0 Å². The Morgan fingerprint density at radius 1 is 0.955 bits per heavy atom. The summed E-state index contributed by atoms with van der Waals surface area (Å²) in [6, 6.07) is 10.8. The molecule has 0 aliphatic rings. The highest BCUT2D eigenvalue weighted by Gasteiger charge is 2.16. The molecule has 9 nitrogen and oxygen atoms in total. The lowest BCUT2D eigenvalue weighted by Gasteiger charge is -2.16. The summed E-state index contributed by atoms with van der Waals surface area (Å²) in [5, 5.41) is 17.5. The van der Waals surface area contributed by atoms with Gasteiger partial charge in [-0.05, 0) is 74.5 Å². The van der Waals surface area contributed by atoms with Crippen LogP contribution in [0.1, 0.15) is 25.1 Å². The molecule has 5 rings (SSSR count). The van der Waals surface area contributed by atoms with Crippen LogP contribution >= 0.6 is 0 Å². The van der Waals surface area contributed by atoms with Crippen LogP contribution in [-0.2, 0) is 0 Å². The van der Waals surface area contributed by atoms with Crippen molar-refractivity contribution < 1.29 is 4.39 Å². The van der Waals surface area contributed by atoms with E-state index in [0.717, 1.165) is 62.8 Å². The highest BCUT2D eigenvalue weighted by molar-refractivity contribution is 5.92. The van der Waals surface area contributed by atoms with E-state index in [0.29, 0.717) is 29.4 Å². The summed E-state index contributed by atoms with van der Waals surface area (Å²) in [6.45, 7) is 16.0. The van der Waals surface area contributed by atoms with Crippen LogP contribution < -0.4 is 16.0 Å². The van der Waals surface area contributed by atoms with E-state index in [1.165, 1.54) is 12.1 Å². The van der Waals surface area contributed by atoms with Crippen LogP contribution in [0, 0.1) is 18.7 Å². The summed E-state index contributed by atoms with van der Waals surface area (Å²) in [7, 11) is 4.00. The van der Waals surface area contributed by atoms with Crippen molar-refractivity contribution in [2.45, 2.75) is 20.8 Å². The molecule has 0 bridgehead atoms. The van der Waals surface area contributed by atoms with Gasteiger partial charge in [0.1, 0.15) is 17.0 Å². The van der Waals surface area contributed by atoms with E-state index in [1.807, 2.05) is 45.3 Å². The van der Waals surface area contributed by atoms with Gasteiger partial charge in [0.05, 0.1) is 40.7 Å². The van der Waals surface area contributed by atoms with Gasteiger partial charge in [-0.3, -0.25) is 15.1 Å². The molecular formula is C34H38FN9. The monoisotopic (exact) mass is 591 g/mol. The van der Waals surface area contributed by atoms with Crippen LogP contribution in [0.5, 0.6) is 0 Å². The van der Waals surface area contributed by atoms with Crippen molar-refractivity contribution in [3.05, 3.63) is 97.1 Å². The number of benzene rings is 1. The van der Waals surface area contributed by atoms with Gasteiger partial charge in [0.25, 0.3) is 0 Å². The average Bonchev–Trinajstić information content (AvgIpc) is 3.41. The molecule has 226 valence electrons. The lowest BCUT2D eigenvalue weighted by atomic mass is 10.0. The van der Waals surface area contributed by atoms with E-state index < -0.39 is 0 Å². The zero-order valence-electron chi connectivity index (χ0n) is 25.8. The van der Waals surface area contributed by atoms with Crippen molar-refractivity contribution in [1.82, 2.24) is 30.0 Å². The van der Waals surface area contributed by atoms with Crippen LogP contribution in [0.15, 0.2) is 80.0 Å². The summed E-state index contributed by atoms with van der Waals surface area (Å²) in [5.74, 6) is -0.0238. The maximum Gasteiger partial charge on any atom is 0.134 e. The second kappa shape index (κ2) is 13.0. The number of likely N-dealkylation sites (N-methyl/N-ethyl adjacent to an activating group) is 1. The number of hydrogen-bond acceptors (Lipinski definition) is 8. The van der Waals surface area contributed by atoms with Gasteiger partial charge in [-0.2, -0.15) is 5.10 Å². The first-order chi connectivity index (χ1) is 21.1. The SMILES string of the molecule is C=C(Nc1cncc(-c2cc(F)cc(NCCN(C)C)c2)c1C)c1n[nH]c2ccc(-c3cncc(NC(=C)C(C)C)c3)nc12. The average molecular weight is 592 g/mol. The number of halogens is 1. The third-order valence-electron chi connectivity index (χ3n) is 7.33. The van der Waals surface area contributed by atoms with E-state index in [4.69, 9.17) is 4.98 Å². The zero-order chi connectivity index (χ0) is 31.4. The molecule has 1 aromatic carbocycles. The lowest BCUT2D eigenvalue weighted by molar-refractivity contribution is 0.425. The number of nitrogens with one attached hydrogen (secondary N) is 4. The van der Waals surface area contributed by atoms with Crippen molar-refractivity contribution in [2.24, 2.45) is 5.92 Å². The van der Waals surface area contributed by atoms with Crippen LogP contribution in [0.4, 0.5) is 21.5 Å². The number of rotatable bonds is 12. The summed E-state index contributed by atoms with van der Waals surface area (Å²) < 4.78 is 14.6. The molecular weight excluding hydrogens is 553 g/mol. The number of anilines is 3. The summed E-state index contributed by atoms with van der Waals surface area (Å²) >= 11 is 0. The van der Waals surface area contributed by atoms with E-state index in [1.54, 1.807) is 24.8 Å². The quantitative estimate of drug-likeness (QED) is 0.121. The molecule has 0 aliphatic heterocycles. The Hall–Kier alpha value is -5.09. The fourth-order valence-corrected chi connectivity index (χ4v) is 4.68. The molecule has 0 atom stereocenters. The fourth-order valence-electron chi connectivity index (χ4n) is 4.68. The molecule has 0 aliphatic carbocycles. The van der Waals surface area contributed by atoms with E-state index >= 15 is 0 Å². The third kappa shape index (κ3) is 6.92. The highest BCUT2D eigenvalue weighted by Crippen LogP contribution is 2.32. The number of fused-ring (bicyclic) bond motifs is 1. The first-order valence-corrected chi connectivity index (χ1v) is 14.5. The topological polar surface area (TPSA) is 107 Å². The fraction of sp³-hybridized carbons (Fsp3) is 0.235. The Kier molecular flexibility index (Phi) is 9.01. The smallest absolute Gasteiger partial charge is 0.134 e. The van der Waals surface area contributed by atoms with Crippen molar-refractivity contribution in [1.29, 1.82) is 0 Å². The first-order valence-electron chi connectivity index (χ1n) is 14.5. The maximum atomic E-state index is 14.6. The lowest BCUT2D eigenvalue weighted by Crippen LogP contribution is -2.20. The molecule has 0 spiro atoms. The van der Waals surface area contributed by atoms with Crippen molar-refractivity contribution >= 4 is 33.8 Å². The number of H-pyrrole nitrogens is 1. The molecule has 4 N–H and O–H groups in total. The molecule has 0 unspecified atom stereocenters. The Bertz CT molecular complexity index is 1820. The van der Waals surface area contributed by atoms with Crippen LogP contribution in [0.25, 0.3) is 39.1 Å². The van der Waals surface area contributed by atoms with E-state index in [2.05, 4.69) is 68.0 Å². The second-order valence-corrected chi connectivity index (χ2v) is 11.4. The Balaban J connectivity index is 1.39. The number of nitrogens with zero attached hydrogens (tertiary/aromatic N) is 5. The maximum absolute atomic E-state index is 14.6. The highest BCUT2D eigenvalue weighted by atomic mass is 19.1. The number of aromatic amines is 1. The van der Waals surface area contributed by atoms with Gasteiger partial charge in [0, 0.05) is 48.0 Å². The Labute approximate surface area is 257 Å². The summed E-state index contributed by atoms with van der Waals surface area (Å²) in [6.07, 6.45) is 7.01. The normalized spacial score (nSPS) is 11.3. The molecule has 44 heavy (non-hydrogen) atoms. The predicted octanol–water partition coefficient (Wildman–Crippen LogP) is 7.17. The van der Waals surface area contributed by atoms with Gasteiger partial charge in [0.15, 0.2) is 0 Å². The van der Waals surface area contributed by atoms with Gasteiger partial charge in [0.2, 0.25) is 0 Å². The number of aromatic nitrogens is 5. The van der Waals surface area contributed by atoms with Gasteiger partial charge in [-0.1, -0.05) is 27.0 Å². The molecule has 5 aromatic rings. The van der Waals surface area contributed by atoms with Crippen LogP contribution in [0.2, 0.25) is 0 Å². The Morgan fingerprint density at radius 2 is 1.73 bits per heavy atom. The minimum absolute atomic E-state index is 0.293. The standard InChI is InChI=1S/C34H38FN9/c1-20(2)22(4)39-28-14-25(16-36-17-28)30-8-9-31-34(41-30)33(43-42-31)23(5)40-32-19-37-18-29(21(32)3)24-12-26(35)15-27(13-24)38-10-11-44(6)7/h8-9,12-20,38-40H,4-5,10-11H2,1-3,6-7H3,(H,42,43). The first kappa shape index (κ1) is 30.4. The summed E-state index contributed by atoms with van der Waals surface area (Å²) in [4.78, 5) is 15.8. The molecule has 0 fully saturated rings. The number of pyridine rings is 3.